The zero-order valence-electron chi connectivity index (χ0n) is 10.9. The summed E-state index contributed by atoms with van der Waals surface area (Å²) in [6.45, 7) is 0. The molecule has 1 aliphatic heterocycles. The van der Waals surface area contributed by atoms with Gasteiger partial charge in [0.15, 0.2) is 9.84 Å². The van der Waals surface area contributed by atoms with Gasteiger partial charge < -0.3 is 10.4 Å². The number of aliphatic hydroxyl groups excluding tert-OH is 1. The Hall–Kier alpha value is -0.270. The van der Waals surface area contributed by atoms with Crippen LogP contribution in [0.1, 0.15) is 32.1 Å². The summed E-state index contributed by atoms with van der Waals surface area (Å²) in [7, 11) is -2.87. The maximum absolute atomic E-state index is 11.8. The van der Waals surface area contributed by atoms with E-state index in [4.69, 9.17) is 0 Å². The van der Waals surface area contributed by atoms with Crippen LogP contribution in [0.4, 0.5) is 0 Å². The van der Waals surface area contributed by atoms with E-state index in [1.165, 1.54) is 11.8 Å². The Morgan fingerprint density at radius 1 is 1.26 bits per heavy atom. The molecule has 2 N–H and O–H groups in total. The summed E-state index contributed by atoms with van der Waals surface area (Å²) in [4.78, 5) is 11.8. The number of aliphatic hydroxyl groups is 1. The molecule has 0 radical (unpaired) electrons. The first-order chi connectivity index (χ1) is 8.96. The number of nitrogens with one attached hydrogen (secondary N) is 1. The first kappa shape index (κ1) is 15.1. The topological polar surface area (TPSA) is 83.5 Å². The van der Waals surface area contributed by atoms with Crippen LogP contribution in [0.25, 0.3) is 0 Å². The van der Waals surface area contributed by atoms with Gasteiger partial charge >= 0.3 is 0 Å². The molecule has 19 heavy (non-hydrogen) atoms. The third-order valence-corrected chi connectivity index (χ3v) is 7.00. The van der Waals surface area contributed by atoms with Gasteiger partial charge in [-0.1, -0.05) is 12.8 Å². The quantitative estimate of drug-likeness (QED) is 0.782. The first-order valence-corrected chi connectivity index (χ1v) is 9.63. The standard InChI is InChI=1S/C12H21NO4S2/c14-11-4-2-1-3-10(11)13-12(15)7-18-9-5-6-19(16,17)8-9/h9-11,14H,1-8H2,(H,13,15)/t9?,10-,11-/m0/s1. The van der Waals surface area contributed by atoms with Crippen LogP contribution < -0.4 is 5.32 Å². The molecule has 2 rings (SSSR count). The van der Waals surface area contributed by atoms with Gasteiger partial charge in [0.25, 0.3) is 0 Å². The molecule has 1 saturated carbocycles. The fourth-order valence-electron chi connectivity index (χ4n) is 2.61. The van der Waals surface area contributed by atoms with E-state index in [0.717, 1.165) is 25.7 Å². The second-order valence-electron chi connectivity index (χ2n) is 5.36. The lowest BCUT2D eigenvalue weighted by atomic mass is 9.93. The van der Waals surface area contributed by atoms with Crippen molar-refractivity contribution in [3.8, 4) is 0 Å². The minimum Gasteiger partial charge on any atom is -0.391 e. The molecule has 1 aliphatic carbocycles. The first-order valence-electron chi connectivity index (χ1n) is 6.76. The van der Waals surface area contributed by atoms with Crippen molar-refractivity contribution in [1.29, 1.82) is 0 Å². The Balaban J connectivity index is 1.70. The Kier molecular flexibility index (Phi) is 5.14. The van der Waals surface area contributed by atoms with Crippen LogP contribution in [0.2, 0.25) is 0 Å². The minimum atomic E-state index is -2.87. The van der Waals surface area contributed by atoms with Crippen molar-refractivity contribution < 1.29 is 18.3 Å². The van der Waals surface area contributed by atoms with Gasteiger partial charge in [0.05, 0.1) is 29.4 Å². The maximum Gasteiger partial charge on any atom is 0.230 e. The summed E-state index contributed by atoms with van der Waals surface area (Å²) >= 11 is 1.41. The van der Waals surface area contributed by atoms with Crippen molar-refractivity contribution in [2.45, 2.75) is 49.5 Å². The second kappa shape index (κ2) is 6.45. The molecule has 2 fully saturated rings. The number of carbonyl (C=O) groups excluding carboxylic acids is 1. The molecular formula is C12H21NO4S2. The van der Waals surface area contributed by atoms with Crippen LogP contribution in [0.15, 0.2) is 0 Å². The second-order valence-corrected chi connectivity index (χ2v) is 8.88. The molecule has 1 amide bonds. The largest absolute Gasteiger partial charge is 0.391 e. The van der Waals surface area contributed by atoms with Gasteiger partial charge in [-0.2, -0.15) is 0 Å². The Morgan fingerprint density at radius 3 is 2.63 bits per heavy atom. The molecule has 1 saturated heterocycles. The van der Waals surface area contributed by atoms with Crippen molar-refractivity contribution in [3.05, 3.63) is 0 Å². The highest BCUT2D eigenvalue weighted by atomic mass is 32.2. The SMILES string of the molecule is O=C(CSC1CCS(=O)(=O)C1)N[C@H]1CCCC[C@@H]1O. The lowest BCUT2D eigenvalue weighted by molar-refractivity contribution is -0.120. The fraction of sp³-hybridized carbons (Fsp3) is 0.917. The zero-order chi connectivity index (χ0) is 13.9. The molecule has 0 aromatic heterocycles. The van der Waals surface area contributed by atoms with Gasteiger partial charge in [-0.15, -0.1) is 11.8 Å². The van der Waals surface area contributed by atoms with Gasteiger partial charge in [-0.25, -0.2) is 8.42 Å². The summed E-state index contributed by atoms with van der Waals surface area (Å²) in [5.41, 5.74) is 0. The number of hydrogen-bond acceptors (Lipinski definition) is 5. The number of thioether (sulfide) groups is 1. The number of carbonyl (C=O) groups is 1. The van der Waals surface area contributed by atoms with E-state index in [1.807, 2.05) is 0 Å². The molecule has 5 nitrogen and oxygen atoms in total. The van der Waals surface area contributed by atoms with E-state index < -0.39 is 15.9 Å². The van der Waals surface area contributed by atoms with Crippen LogP contribution in [0, 0.1) is 0 Å². The molecule has 0 bridgehead atoms. The van der Waals surface area contributed by atoms with Crippen LogP contribution >= 0.6 is 11.8 Å². The van der Waals surface area contributed by atoms with Crippen LogP contribution in [0.3, 0.4) is 0 Å². The highest BCUT2D eigenvalue weighted by Crippen LogP contribution is 2.24. The van der Waals surface area contributed by atoms with E-state index in [1.54, 1.807) is 0 Å². The Bertz CT molecular complexity index is 423. The molecule has 0 aromatic rings. The Labute approximate surface area is 118 Å². The van der Waals surface area contributed by atoms with Gasteiger partial charge in [-0.3, -0.25) is 4.79 Å². The van der Waals surface area contributed by atoms with E-state index in [-0.39, 0.29) is 34.5 Å². The molecule has 7 heteroatoms. The minimum absolute atomic E-state index is 0.0482. The van der Waals surface area contributed by atoms with Crippen molar-refractivity contribution in [2.75, 3.05) is 17.3 Å². The van der Waals surface area contributed by atoms with Gasteiger partial charge in [0, 0.05) is 5.25 Å². The highest BCUT2D eigenvalue weighted by Gasteiger charge is 2.29. The third-order valence-electron chi connectivity index (χ3n) is 3.72. The zero-order valence-corrected chi connectivity index (χ0v) is 12.5. The average Bonchev–Trinajstić information content (AvgIpc) is 2.69. The maximum atomic E-state index is 11.8. The van der Waals surface area contributed by atoms with Crippen molar-refractivity contribution in [1.82, 2.24) is 5.32 Å². The van der Waals surface area contributed by atoms with Crippen molar-refractivity contribution in [3.63, 3.8) is 0 Å². The van der Waals surface area contributed by atoms with Crippen LogP contribution in [0.5, 0.6) is 0 Å². The normalized spacial score (nSPS) is 34.1. The summed E-state index contributed by atoms with van der Waals surface area (Å²) in [6, 6.07) is -0.130. The van der Waals surface area contributed by atoms with Crippen LogP contribution in [-0.4, -0.2) is 54.1 Å². The Morgan fingerprint density at radius 2 is 2.00 bits per heavy atom. The predicted molar refractivity (Wildman–Crippen MR) is 75.9 cm³/mol. The fourth-order valence-corrected chi connectivity index (χ4v) is 6.07. The van der Waals surface area contributed by atoms with E-state index in [0.29, 0.717) is 6.42 Å². The number of amides is 1. The third kappa shape index (κ3) is 4.65. The summed E-state index contributed by atoms with van der Waals surface area (Å²) in [6.07, 6.45) is 3.84. The van der Waals surface area contributed by atoms with E-state index in [2.05, 4.69) is 5.32 Å². The van der Waals surface area contributed by atoms with E-state index in [9.17, 15) is 18.3 Å². The summed E-state index contributed by atoms with van der Waals surface area (Å²) in [5, 5.41) is 12.7. The lowest BCUT2D eigenvalue weighted by Gasteiger charge is -2.28. The molecule has 1 unspecified atom stereocenters. The number of rotatable bonds is 4. The van der Waals surface area contributed by atoms with Crippen LogP contribution in [-0.2, 0) is 14.6 Å². The summed E-state index contributed by atoms with van der Waals surface area (Å²) in [5.74, 6) is 0.619. The van der Waals surface area contributed by atoms with Gasteiger partial charge in [-0.05, 0) is 19.3 Å². The van der Waals surface area contributed by atoms with Crippen molar-refractivity contribution >= 4 is 27.5 Å². The molecule has 0 spiro atoms. The number of hydrogen-bond donors (Lipinski definition) is 2. The van der Waals surface area contributed by atoms with Gasteiger partial charge in [0.2, 0.25) is 5.91 Å². The highest BCUT2D eigenvalue weighted by molar-refractivity contribution is 8.02. The molecule has 2 aliphatic rings. The van der Waals surface area contributed by atoms with E-state index >= 15 is 0 Å². The predicted octanol–water partition coefficient (Wildman–Crippen LogP) is 0.326. The number of sulfone groups is 1. The smallest absolute Gasteiger partial charge is 0.230 e. The average molecular weight is 307 g/mol. The molecule has 3 atom stereocenters. The molecule has 1 heterocycles. The molecule has 110 valence electrons. The molecular weight excluding hydrogens is 286 g/mol. The summed E-state index contributed by atoms with van der Waals surface area (Å²) < 4.78 is 22.6. The van der Waals surface area contributed by atoms with Crippen molar-refractivity contribution in [2.24, 2.45) is 0 Å². The molecule has 0 aromatic carbocycles. The lowest BCUT2D eigenvalue weighted by Crippen LogP contribution is -2.45. The monoisotopic (exact) mass is 307 g/mol. The van der Waals surface area contributed by atoms with Gasteiger partial charge in [0.1, 0.15) is 0 Å².